The Hall–Kier alpha value is -3.52. The van der Waals surface area contributed by atoms with E-state index in [1.807, 2.05) is 24.3 Å². The molecule has 140 valence electrons. The summed E-state index contributed by atoms with van der Waals surface area (Å²) in [6.07, 6.45) is 0.825. The summed E-state index contributed by atoms with van der Waals surface area (Å²) >= 11 is 0. The molecule has 0 aliphatic carbocycles. The topological polar surface area (TPSA) is 18.5 Å². The average molecular weight is 376 g/mol. The van der Waals surface area contributed by atoms with Gasteiger partial charge in [-0.05, 0) is 23.8 Å². The van der Waals surface area contributed by atoms with E-state index in [0.717, 1.165) is 34.8 Å². The van der Waals surface area contributed by atoms with Crippen LogP contribution in [0.3, 0.4) is 0 Å². The smallest absolute Gasteiger partial charge is 0.167 e. The first-order chi connectivity index (χ1) is 14.4. The Labute approximate surface area is 170 Å². The van der Waals surface area contributed by atoms with Crippen LogP contribution in [0.2, 0.25) is 0 Å². The molecule has 0 amide bonds. The van der Waals surface area contributed by atoms with Gasteiger partial charge in [-0.1, -0.05) is 84.9 Å². The van der Waals surface area contributed by atoms with E-state index >= 15 is 0 Å². The van der Waals surface area contributed by atoms with Gasteiger partial charge in [0.25, 0.3) is 0 Å². The summed E-state index contributed by atoms with van der Waals surface area (Å²) in [5.74, 6) is 2.93. The molecule has 1 atom stereocenters. The van der Waals surface area contributed by atoms with Crippen LogP contribution < -0.4 is 9.47 Å². The lowest BCUT2D eigenvalue weighted by molar-refractivity contribution is 0.0672. The predicted octanol–water partition coefficient (Wildman–Crippen LogP) is 6.65. The molecular formula is C27H20O2. The summed E-state index contributed by atoms with van der Waals surface area (Å²) in [4.78, 5) is 0. The Morgan fingerprint density at radius 1 is 0.586 bits per heavy atom. The highest BCUT2D eigenvalue weighted by molar-refractivity contribution is 5.59. The predicted molar refractivity (Wildman–Crippen MR) is 114 cm³/mol. The second kappa shape index (κ2) is 6.25. The Kier molecular flexibility index (Phi) is 3.54. The Balaban J connectivity index is 1.63. The molecule has 0 N–H and O–H groups in total. The number of para-hydroxylation sites is 3. The number of hydrogen-bond donors (Lipinski definition) is 0. The number of hydrogen-bond acceptors (Lipinski definition) is 2. The van der Waals surface area contributed by atoms with Gasteiger partial charge in [-0.3, -0.25) is 0 Å². The zero-order chi connectivity index (χ0) is 19.3. The Morgan fingerprint density at radius 3 is 1.83 bits per heavy atom. The van der Waals surface area contributed by atoms with Crippen molar-refractivity contribution in [3.05, 3.63) is 125 Å². The summed E-state index contributed by atoms with van der Waals surface area (Å²) in [6.45, 7) is 0. The summed E-state index contributed by atoms with van der Waals surface area (Å²) in [7, 11) is 0. The molecule has 0 fully saturated rings. The Bertz CT molecular complexity index is 1150. The van der Waals surface area contributed by atoms with E-state index in [9.17, 15) is 0 Å². The van der Waals surface area contributed by atoms with Crippen molar-refractivity contribution in [1.29, 1.82) is 0 Å². The lowest BCUT2D eigenvalue weighted by Gasteiger charge is -2.46. The lowest BCUT2D eigenvalue weighted by atomic mass is 9.71. The van der Waals surface area contributed by atoms with Crippen LogP contribution in [0, 0.1) is 0 Å². The minimum atomic E-state index is -0.583. The van der Waals surface area contributed by atoms with Crippen molar-refractivity contribution in [2.24, 2.45) is 0 Å². The standard InChI is InChI=1S/C27H20O2/c1-2-10-19(11-3-1)21-18-27(29-24-15-7-4-12-20(21)24)22-13-5-8-16-25(22)28-26-17-9-6-14-23(26)27/h1-17,21H,18H2. The van der Waals surface area contributed by atoms with Gasteiger partial charge in [0.15, 0.2) is 5.60 Å². The molecule has 6 rings (SSSR count). The zero-order valence-corrected chi connectivity index (χ0v) is 15.9. The maximum atomic E-state index is 6.89. The third kappa shape index (κ3) is 2.42. The highest BCUT2D eigenvalue weighted by atomic mass is 16.5. The molecule has 0 saturated carbocycles. The minimum Gasteiger partial charge on any atom is -0.477 e. The number of ether oxygens (including phenoxy) is 2. The fourth-order valence-corrected chi connectivity index (χ4v) is 4.84. The quantitative estimate of drug-likeness (QED) is 0.370. The molecule has 0 saturated heterocycles. The van der Waals surface area contributed by atoms with Gasteiger partial charge in [-0.2, -0.15) is 0 Å². The molecule has 29 heavy (non-hydrogen) atoms. The highest BCUT2D eigenvalue weighted by Gasteiger charge is 2.49. The molecule has 1 spiro atoms. The first kappa shape index (κ1) is 16.4. The number of benzene rings is 4. The fraction of sp³-hybridized carbons (Fsp3) is 0.111. The molecule has 2 nitrogen and oxygen atoms in total. The van der Waals surface area contributed by atoms with Crippen molar-refractivity contribution in [3.8, 4) is 17.2 Å². The van der Waals surface area contributed by atoms with Crippen molar-refractivity contribution < 1.29 is 9.47 Å². The van der Waals surface area contributed by atoms with Crippen molar-refractivity contribution in [2.45, 2.75) is 17.9 Å². The fourth-order valence-electron chi connectivity index (χ4n) is 4.84. The maximum Gasteiger partial charge on any atom is 0.167 e. The monoisotopic (exact) mass is 376 g/mol. The number of rotatable bonds is 1. The molecule has 0 bridgehead atoms. The first-order valence-electron chi connectivity index (χ1n) is 10.0. The summed E-state index contributed by atoms with van der Waals surface area (Å²) < 4.78 is 13.1. The van der Waals surface area contributed by atoms with Gasteiger partial charge in [0, 0.05) is 29.0 Å². The SMILES string of the molecule is c1ccc(C2CC3(Oc4ccccc42)c2ccccc2Oc2ccccc23)cc1. The molecule has 2 aliphatic heterocycles. The molecule has 2 heterocycles. The van der Waals surface area contributed by atoms with Gasteiger partial charge in [0.1, 0.15) is 17.2 Å². The van der Waals surface area contributed by atoms with Crippen LogP contribution in [0.15, 0.2) is 103 Å². The molecule has 4 aromatic rings. The molecule has 4 aromatic carbocycles. The normalized spacial score (nSPS) is 18.0. The van der Waals surface area contributed by atoms with E-state index in [1.54, 1.807) is 0 Å². The third-order valence-electron chi connectivity index (χ3n) is 6.14. The maximum absolute atomic E-state index is 6.89. The van der Waals surface area contributed by atoms with Crippen LogP contribution in [0.4, 0.5) is 0 Å². The average Bonchev–Trinajstić information content (AvgIpc) is 2.79. The molecular weight excluding hydrogens is 356 g/mol. The van der Waals surface area contributed by atoms with E-state index in [-0.39, 0.29) is 5.92 Å². The largest absolute Gasteiger partial charge is 0.477 e. The summed E-state index contributed by atoms with van der Waals surface area (Å²) in [5.41, 5.74) is 4.15. The van der Waals surface area contributed by atoms with Crippen molar-refractivity contribution in [3.63, 3.8) is 0 Å². The minimum absolute atomic E-state index is 0.236. The second-order valence-corrected chi connectivity index (χ2v) is 7.73. The second-order valence-electron chi connectivity index (χ2n) is 7.73. The van der Waals surface area contributed by atoms with Gasteiger partial charge < -0.3 is 9.47 Å². The first-order valence-corrected chi connectivity index (χ1v) is 10.0. The van der Waals surface area contributed by atoms with Crippen molar-refractivity contribution >= 4 is 0 Å². The van der Waals surface area contributed by atoms with Gasteiger partial charge in [-0.15, -0.1) is 0 Å². The van der Waals surface area contributed by atoms with Gasteiger partial charge in [-0.25, -0.2) is 0 Å². The molecule has 1 unspecified atom stereocenters. The zero-order valence-electron chi connectivity index (χ0n) is 15.9. The number of fused-ring (bicyclic) bond motifs is 5. The van der Waals surface area contributed by atoms with Crippen LogP contribution >= 0.6 is 0 Å². The van der Waals surface area contributed by atoms with Crippen molar-refractivity contribution in [2.75, 3.05) is 0 Å². The summed E-state index contributed by atoms with van der Waals surface area (Å²) in [6, 6.07) is 35.7. The van der Waals surface area contributed by atoms with Gasteiger partial charge in [0.2, 0.25) is 0 Å². The molecule has 0 radical (unpaired) electrons. The third-order valence-corrected chi connectivity index (χ3v) is 6.14. The highest BCUT2D eigenvalue weighted by Crippen LogP contribution is 2.57. The molecule has 2 heteroatoms. The summed E-state index contributed by atoms with van der Waals surface area (Å²) in [5, 5.41) is 0. The molecule has 2 aliphatic rings. The van der Waals surface area contributed by atoms with E-state index in [0.29, 0.717) is 0 Å². The van der Waals surface area contributed by atoms with Crippen molar-refractivity contribution in [1.82, 2.24) is 0 Å². The van der Waals surface area contributed by atoms with Gasteiger partial charge in [0.05, 0.1) is 0 Å². The van der Waals surface area contributed by atoms with E-state index in [2.05, 4.69) is 78.9 Å². The van der Waals surface area contributed by atoms with E-state index < -0.39 is 5.60 Å². The van der Waals surface area contributed by atoms with Crippen LogP contribution in [0.25, 0.3) is 0 Å². The van der Waals surface area contributed by atoms with Crippen LogP contribution in [0.5, 0.6) is 17.2 Å². The van der Waals surface area contributed by atoms with E-state index in [1.165, 1.54) is 11.1 Å². The van der Waals surface area contributed by atoms with Crippen LogP contribution in [-0.2, 0) is 5.60 Å². The van der Waals surface area contributed by atoms with E-state index in [4.69, 9.17) is 9.47 Å². The molecule has 0 aromatic heterocycles. The van der Waals surface area contributed by atoms with Crippen LogP contribution in [0.1, 0.15) is 34.6 Å². The van der Waals surface area contributed by atoms with Gasteiger partial charge >= 0.3 is 0 Å². The van der Waals surface area contributed by atoms with Crippen LogP contribution in [-0.4, -0.2) is 0 Å². The Morgan fingerprint density at radius 2 is 1.14 bits per heavy atom. The lowest BCUT2D eigenvalue weighted by Crippen LogP contribution is -2.42.